The number of carbonyl (C=O) groups is 2. The van der Waals surface area contributed by atoms with Crippen molar-refractivity contribution in [3.63, 3.8) is 0 Å². The third kappa shape index (κ3) is 5.24. The van der Waals surface area contributed by atoms with Gasteiger partial charge >= 0.3 is 0 Å². The highest BCUT2D eigenvalue weighted by Gasteiger charge is 2.21. The Morgan fingerprint density at radius 3 is 2.50 bits per heavy atom. The van der Waals surface area contributed by atoms with Crippen LogP contribution in [0.5, 0.6) is 0 Å². The minimum absolute atomic E-state index is 0.00777. The third-order valence-electron chi connectivity index (χ3n) is 4.14. The number of piperazine rings is 1. The Hall–Kier alpha value is -2.51. The summed E-state index contributed by atoms with van der Waals surface area (Å²) in [4.78, 5) is 28.1. The number of amides is 2. The van der Waals surface area contributed by atoms with Crippen LogP contribution in [0.15, 0.2) is 47.2 Å². The van der Waals surface area contributed by atoms with Gasteiger partial charge in [0.15, 0.2) is 0 Å². The molecule has 5 nitrogen and oxygen atoms in total. The summed E-state index contributed by atoms with van der Waals surface area (Å²) in [5.41, 5.74) is 1.60. The Labute approximate surface area is 155 Å². The van der Waals surface area contributed by atoms with E-state index in [4.69, 9.17) is 0 Å². The molecule has 2 heterocycles. The number of nitrogens with one attached hydrogen (secondary N) is 1. The zero-order chi connectivity index (χ0) is 18.4. The molecule has 2 amide bonds. The number of halogens is 1. The van der Waals surface area contributed by atoms with E-state index in [1.54, 1.807) is 22.3 Å². The van der Waals surface area contributed by atoms with Crippen molar-refractivity contribution in [1.82, 2.24) is 9.80 Å². The molecule has 0 spiro atoms. The lowest BCUT2D eigenvalue weighted by Gasteiger charge is -2.33. The van der Waals surface area contributed by atoms with Crippen molar-refractivity contribution in [2.45, 2.75) is 0 Å². The number of thiophene rings is 1. The fourth-order valence-electron chi connectivity index (χ4n) is 2.71. The summed E-state index contributed by atoms with van der Waals surface area (Å²) in [5, 5.41) is 6.71. The van der Waals surface area contributed by atoms with E-state index in [-0.39, 0.29) is 24.2 Å². The van der Waals surface area contributed by atoms with Gasteiger partial charge in [-0.2, -0.15) is 11.3 Å². The zero-order valence-electron chi connectivity index (χ0n) is 14.2. The van der Waals surface area contributed by atoms with E-state index in [2.05, 4.69) is 5.32 Å². The molecule has 2 aromatic rings. The van der Waals surface area contributed by atoms with Crippen molar-refractivity contribution in [3.05, 3.63) is 58.5 Å². The average molecular weight is 373 g/mol. The number of carbonyl (C=O) groups excluding carboxylic acids is 2. The van der Waals surface area contributed by atoms with E-state index in [9.17, 15) is 14.0 Å². The van der Waals surface area contributed by atoms with Gasteiger partial charge in [0.1, 0.15) is 5.82 Å². The van der Waals surface area contributed by atoms with Gasteiger partial charge in [-0.1, -0.05) is 0 Å². The summed E-state index contributed by atoms with van der Waals surface area (Å²) in [6.45, 7) is 2.74. The minimum atomic E-state index is -0.336. The number of anilines is 1. The van der Waals surface area contributed by atoms with Crippen LogP contribution >= 0.6 is 11.3 Å². The second-order valence-electron chi connectivity index (χ2n) is 6.05. The molecule has 26 heavy (non-hydrogen) atoms. The molecule has 1 aliphatic heterocycles. The molecular weight excluding hydrogens is 353 g/mol. The molecule has 1 saturated heterocycles. The summed E-state index contributed by atoms with van der Waals surface area (Å²) in [7, 11) is 0. The maximum atomic E-state index is 12.9. The van der Waals surface area contributed by atoms with Gasteiger partial charge in [0.05, 0.1) is 6.54 Å². The molecule has 0 bridgehead atoms. The first-order chi connectivity index (χ1) is 12.6. The van der Waals surface area contributed by atoms with Gasteiger partial charge in [0.2, 0.25) is 11.8 Å². The van der Waals surface area contributed by atoms with Crippen molar-refractivity contribution >= 4 is 34.9 Å². The van der Waals surface area contributed by atoms with Crippen LogP contribution in [0.2, 0.25) is 0 Å². The average Bonchev–Trinajstić information content (AvgIpc) is 3.16. The van der Waals surface area contributed by atoms with E-state index in [1.807, 2.05) is 27.8 Å². The first-order valence-electron chi connectivity index (χ1n) is 8.37. The van der Waals surface area contributed by atoms with Gasteiger partial charge in [0, 0.05) is 37.9 Å². The molecule has 0 radical (unpaired) electrons. The summed E-state index contributed by atoms with van der Waals surface area (Å²) < 4.78 is 12.9. The van der Waals surface area contributed by atoms with Crippen LogP contribution < -0.4 is 5.32 Å². The normalized spacial score (nSPS) is 15.3. The highest BCUT2D eigenvalue weighted by Crippen LogP contribution is 2.10. The summed E-state index contributed by atoms with van der Waals surface area (Å²) in [6, 6.07) is 7.65. The fraction of sp³-hybridized carbons (Fsp3) is 0.263. The summed E-state index contributed by atoms with van der Waals surface area (Å²) >= 11 is 1.59. The summed E-state index contributed by atoms with van der Waals surface area (Å²) in [6.07, 6.45) is 3.42. The number of hydrogen-bond donors (Lipinski definition) is 1. The molecule has 3 rings (SSSR count). The Morgan fingerprint density at radius 2 is 1.85 bits per heavy atom. The Kier molecular flexibility index (Phi) is 6.14. The topological polar surface area (TPSA) is 52.7 Å². The van der Waals surface area contributed by atoms with Gasteiger partial charge < -0.3 is 10.2 Å². The van der Waals surface area contributed by atoms with Crippen molar-refractivity contribution in [2.24, 2.45) is 0 Å². The molecule has 1 aromatic carbocycles. The highest BCUT2D eigenvalue weighted by atomic mass is 32.1. The lowest BCUT2D eigenvalue weighted by Crippen LogP contribution is -2.50. The first-order valence-corrected chi connectivity index (χ1v) is 9.31. The minimum Gasteiger partial charge on any atom is -0.337 e. The van der Waals surface area contributed by atoms with Gasteiger partial charge in [-0.25, -0.2) is 4.39 Å². The molecule has 1 N–H and O–H groups in total. The van der Waals surface area contributed by atoms with Gasteiger partial charge in [-0.05, 0) is 52.7 Å². The molecule has 0 saturated carbocycles. The SMILES string of the molecule is O=C(CN1CCN(C(=O)C=Cc2ccsc2)CC1)Nc1ccc(F)cc1. The van der Waals surface area contributed by atoms with Gasteiger partial charge in [-0.15, -0.1) is 0 Å². The van der Waals surface area contributed by atoms with Crippen LogP contribution in [0.1, 0.15) is 5.56 Å². The quantitative estimate of drug-likeness (QED) is 0.820. The van der Waals surface area contributed by atoms with E-state index >= 15 is 0 Å². The number of nitrogens with zero attached hydrogens (tertiary/aromatic N) is 2. The highest BCUT2D eigenvalue weighted by molar-refractivity contribution is 7.08. The molecule has 7 heteroatoms. The molecule has 136 valence electrons. The molecule has 0 aliphatic carbocycles. The molecule has 1 aromatic heterocycles. The maximum absolute atomic E-state index is 12.9. The van der Waals surface area contributed by atoms with E-state index in [1.165, 1.54) is 24.3 Å². The zero-order valence-corrected chi connectivity index (χ0v) is 15.0. The molecular formula is C19H20FN3O2S. The predicted octanol–water partition coefficient (Wildman–Crippen LogP) is 2.68. The van der Waals surface area contributed by atoms with Gasteiger partial charge in [0.25, 0.3) is 0 Å². The van der Waals surface area contributed by atoms with Crippen LogP contribution in [-0.2, 0) is 9.59 Å². The second-order valence-corrected chi connectivity index (χ2v) is 6.83. The van der Waals surface area contributed by atoms with Crippen molar-refractivity contribution in [1.29, 1.82) is 0 Å². The number of hydrogen-bond acceptors (Lipinski definition) is 4. The van der Waals surface area contributed by atoms with Crippen molar-refractivity contribution in [3.8, 4) is 0 Å². The summed E-state index contributed by atoms with van der Waals surface area (Å²) in [5.74, 6) is -0.489. The van der Waals surface area contributed by atoms with Crippen LogP contribution in [0.3, 0.4) is 0 Å². The second kappa shape index (κ2) is 8.73. The molecule has 0 atom stereocenters. The Morgan fingerprint density at radius 1 is 1.12 bits per heavy atom. The Bertz CT molecular complexity index is 767. The first kappa shape index (κ1) is 18.3. The predicted molar refractivity (Wildman–Crippen MR) is 101 cm³/mol. The third-order valence-corrected chi connectivity index (χ3v) is 4.84. The van der Waals surface area contributed by atoms with Crippen LogP contribution in [0, 0.1) is 5.82 Å². The standard InChI is InChI=1S/C19H20FN3O2S/c20-16-2-4-17(5-3-16)21-18(24)13-22-8-10-23(11-9-22)19(25)6-1-15-7-12-26-14-15/h1-7,12,14H,8-11,13H2,(H,21,24). The van der Waals surface area contributed by atoms with E-state index < -0.39 is 0 Å². The van der Waals surface area contributed by atoms with Crippen molar-refractivity contribution < 1.29 is 14.0 Å². The van der Waals surface area contributed by atoms with E-state index in [0.717, 1.165) is 5.56 Å². The Balaban J connectivity index is 1.42. The molecule has 1 fully saturated rings. The maximum Gasteiger partial charge on any atom is 0.246 e. The van der Waals surface area contributed by atoms with E-state index in [0.29, 0.717) is 31.9 Å². The lowest BCUT2D eigenvalue weighted by atomic mass is 10.2. The largest absolute Gasteiger partial charge is 0.337 e. The number of benzene rings is 1. The number of rotatable bonds is 5. The monoisotopic (exact) mass is 373 g/mol. The van der Waals surface area contributed by atoms with Gasteiger partial charge in [-0.3, -0.25) is 14.5 Å². The van der Waals surface area contributed by atoms with Crippen LogP contribution in [0.25, 0.3) is 6.08 Å². The van der Waals surface area contributed by atoms with Crippen molar-refractivity contribution in [2.75, 3.05) is 38.0 Å². The molecule has 1 aliphatic rings. The molecule has 0 unspecified atom stereocenters. The lowest BCUT2D eigenvalue weighted by molar-refractivity contribution is -0.127. The van der Waals surface area contributed by atoms with Crippen LogP contribution in [0.4, 0.5) is 10.1 Å². The smallest absolute Gasteiger partial charge is 0.246 e. The fourth-order valence-corrected chi connectivity index (χ4v) is 3.33. The van der Waals surface area contributed by atoms with Crippen LogP contribution in [-0.4, -0.2) is 54.3 Å².